The van der Waals surface area contributed by atoms with Gasteiger partial charge < -0.3 is 45.9 Å². The minimum atomic E-state index is -1.24. The predicted molar refractivity (Wildman–Crippen MR) is 196 cm³/mol. The highest BCUT2D eigenvalue weighted by atomic mass is 16.6. The lowest BCUT2D eigenvalue weighted by Gasteiger charge is -2.19. The Morgan fingerprint density at radius 2 is 0.962 bits per heavy atom. The normalized spacial score (nSPS) is 10.8. The van der Waals surface area contributed by atoms with Crippen molar-refractivity contribution in [2.75, 3.05) is 63.5 Å². The number of carboxylic acids is 2. The van der Waals surface area contributed by atoms with Gasteiger partial charge in [-0.05, 0) is 97.1 Å². The molecule has 53 heavy (non-hydrogen) atoms. The monoisotopic (exact) mass is 745 g/mol. The van der Waals surface area contributed by atoms with Crippen LogP contribution in [0.4, 0.5) is 21.0 Å². The lowest BCUT2D eigenvalue weighted by Crippen LogP contribution is -2.43. The molecule has 0 saturated heterocycles. The molecule has 0 aliphatic heterocycles. The zero-order valence-electron chi connectivity index (χ0n) is 31.1. The summed E-state index contributed by atoms with van der Waals surface area (Å²) >= 11 is 0. The average Bonchev–Trinajstić information content (AvgIpc) is 3.02. The zero-order chi connectivity index (χ0) is 40.2. The van der Waals surface area contributed by atoms with Crippen molar-refractivity contribution in [2.24, 2.45) is 0 Å². The summed E-state index contributed by atoms with van der Waals surface area (Å²) < 4.78 is 10.4. The molecule has 5 amide bonds. The molecule has 18 nitrogen and oxygen atoms in total. The SMILES string of the molecule is CC(C)(C)OC(=O)Nc1ccc(C(=O)NCCNCCNC(=O)c2ccc(NC(=O)OC(C)(C)C)cc2)cc1.CNCC(=O)N(CC(=O)O)CC(=O)O. The number of anilines is 2. The van der Waals surface area contributed by atoms with Gasteiger partial charge in [-0.1, -0.05) is 0 Å². The fourth-order valence-electron chi connectivity index (χ4n) is 3.93. The molecule has 0 aromatic heterocycles. The Bertz CT molecular complexity index is 1430. The maximum absolute atomic E-state index is 12.3. The van der Waals surface area contributed by atoms with Gasteiger partial charge in [-0.25, -0.2) is 9.59 Å². The van der Waals surface area contributed by atoms with Crippen molar-refractivity contribution in [3.05, 3.63) is 59.7 Å². The molecule has 18 heteroatoms. The van der Waals surface area contributed by atoms with Crippen LogP contribution in [0.3, 0.4) is 0 Å². The van der Waals surface area contributed by atoms with Crippen molar-refractivity contribution in [1.29, 1.82) is 0 Å². The van der Waals surface area contributed by atoms with Gasteiger partial charge in [0.1, 0.15) is 24.3 Å². The number of carbonyl (C=O) groups excluding carboxylic acids is 5. The van der Waals surface area contributed by atoms with Gasteiger partial charge in [0.15, 0.2) is 0 Å². The standard InChI is InChI=1S/C28H39N5O6.C7H12N2O5/c1-27(2,3)38-25(36)32-21-11-7-19(8-12-21)23(34)30-17-15-29-16-18-31-24(35)20-9-13-22(14-10-20)33-26(37)39-28(4,5)6;1-8-2-5(10)9(3-6(11)12)4-7(13)14/h7-14,29H,15-18H2,1-6H3,(H,30,34)(H,31,35)(H,32,36)(H,33,37);8H,2-4H2,1H3,(H,11,12)(H,13,14). The van der Waals surface area contributed by atoms with Crippen LogP contribution in [0.15, 0.2) is 48.5 Å². The lowest BCUT2D eigenvalue weighted by molar-refractivity contribution is -0.148. The van der Waals surface area contributed by atoms with E-state index in [2.05, 4.69) is 31.9 Å². The quantitative estimate of drug-likeness (QED) is 0.115. The number of carboxylic acid groups (broad SMARTS) is 2. The Balaban J connectivity index is 0.000000845. The summed E-state index contributed by atoms with van der Waals surface area (Å²) in [6, 6.07) is 13.0. The van der Waals surface area contributed by atoms with E-state index in [1.54, 1.807) is 90.1 Å². The molecule has 0 aliphatic carbocycles. The molecule has 0 unspecified atom stereocenters. The van der Waals surface area contributed by atoms with Gasteiger partial charge in [0.05, 0.1) is 6.54 Å². The molecule has 2 aromatic carbocycles. The van der Waals surface area contributed by atoms with Gasteiger partial charge in [-0.3, -0.25) is 34.6 Å². The minimum absolute atomic E-state index is 0.0828. The third kappa shape index (κ3) is 21.3. The number of hydrogen-bond acceptors (Lipinski definition) is 11. The smallest absolute Gasteiger partial charge is 0.412 e. The largest absolute Gasteiger partial charge is 0.480 e. The number of carbonyl (C=O) groups is 7. The van der Waals surface area contributed by atoms with Gasteiger partial charge in [-0.2, -0.15) is 0 Å². The first-order chi connectivity index (χ1) is 24.7. The summed E-state index contributed by atoms with van der Waals surface area (Å²) in [4.78, 5) is 80.8. The van der Waals surface area contributed by atoms with Crippen LogP contribution in [0.25, 0.3) is 0 Å². The van der Waals surface area contributed by atoms with E-state index in [-0.39, 0.29) is 18.4 Å². The molecule has 0 radical (unpaired) electrons. The maximum atomic E-state index is 12.3. The Kier molecular flexibility index (Phi) is 19.0. The summed E-state index contributed by atoms with van der Waals surface area (Å²) in [5.41, 5.74) is 0.781. The second-order valence-corrected chi connectivity index (χ2v) is 13.2. The van der Waals surface area contributed by atoms with Gasteiger partial charge in [-0.15, -0.1) is 0 Å². The fourth-order valence-corrected chi connectivity index (χ4v) is 3.93. The highest BCUT2D eigenvalue weighted by Crippen LogP contribution is 2.14. The molecule has 2 rings (SSSR count). The van der Waals surface area contributed by atoms with E-state index >= 15 is 0 Å². The van der Waals surface area contributed by atoms with Crippen molar-refractivity contribution in [3.63, 3.8) is 0 Å². The highest BCUT2D eigenvalue weighted by molar-refractivity contribution is 5.96. The van der Waals surface area contributed by atoms with Crippen LogP contribution in [-0.4, -0.2) is 121 Å². The second kappa shape index (κ2) is 22.2. The second-order valence-electron chi connectivity index (χ2n) is 13.2. The summed E-state index contributed by atoms with van der Waals surface area (Å²) in [6.45, 7) is 11.2. The molecular formula is C35H51N7O11. The fraction of sp³-hybridized carbons (Fsp3) is 0.457. The van der Waals surface area contributed by atoms with Crippen LogP contribution in [0, 0.1) is 0 Å². The van der Waals surface area contributed by atoms with E-state index in [0.29, 0.717) is 48.7 Å². The number of amides is 5. The molecule has 0 atom stereocenters. The summed E-state index contributed by atoms with van der Waals surface area (Å²) in [5, 5.41) is 33.3. The lowest BCUT2D eigenvalue weighted by atomic mass is 10.2. The first kappa shape index (κ1) is 45.3. The van der Waals surface area contributed by atoms with Gasteiger partial charge >= 0.3 is 24.1 Å². The Hall–Kier alpha value is -5.75. The minimum Gasteiger partial charge on any atom is -0.480 e. The number of likely N-dealkylation sites (N-methyl/N-ethyl adjacent to an activating group) is 1. The predicted octanol–water partition coefficient (Wildman–Crippen LogP) is 2.33. The van der Waals surface area contributed by atoms with Gasteiger partial charge in [0, 0.05) is 48.7 Å². The van der Waals surface area contributed by atoms with Crippen LogP contribution in [0.2, 0.25) is 0 Å². The van der Waals surface area contributed by atoms with E-state index in [1.807, 2.05) is 0 Å². The van der Waals surface area contributed by atoms with Gasteiger partial charge in [0.2, 0.25) is 5.91 Å². The van der Waals surface area contributed by atoms with Crippen LogP contribution in [0.5, 0.6) is 0 Å². The topological polar surface area (TPSA) is 254 Å². The Morgan fingerprint density at radius 3 is 1.26 bits per heavy atom. The van der Waals surface area contributed by atoms with Crippen LogP contribution in [0.1, 0.15) is 62.3 Å². The van der Waals surface area contributed by atoms with Crippen molar-refractivity contribution in [1.82, 2.24) is 26.2 Å². The Morgan fingerprint density at radius 1 is 0.604 bits per heavy atom. The summed E-state index contributed by atoms with van der Waals surface area (Å²) in [6.07, 6.45) is -1.13. The summed E-state index contributed by atoms with van der Waals surface area (Å²) in [5.74, 6) is -3.51. The van der Waals surface area contributed by atoms with Crippen molar-refractivity contribution >= 4 is 53.2 Å². The molecule has 0 aliphatic rings. The molecule has 0 bridgehead atoms. The number of rotatable bonds is 16. The highest BCUT2D eigenvalue weighted by Gasteiger charge is 2.19. The number of aliphatic carboxylic acids is 2. The molecule has 0 fully saturated rings. The molecule has 0 heterocycles. The van der Waals surface area contributed by atoms with E-state index in [0.717, 1.165) is 4.90 Å². The summed E-state index contributed by atoms with van der Waals surface area (Å²) in [7, 11) is 1.51. The molecule has 292 valence electrons. The van der Waals surface area contributed by atoms with E-state index in [4.69, 9.17) is 19.7 Å². The third-order valence-electron chi connectivity index (χ3n) is 6.09. The number of nitrogens with one attached hydrogen (secondary N) is 6. The number of hydrogen-bond donors (Lipinski definition) is 8. The molecule has 0 saturated carbocycles. The number of benzene rings is 2. The Labute approximate surface area is 308 Å². The number of ether oxygens (including phenoxy) is 2. The van der Waals surface area contributed by atoms with Crippen LogP contribution in [-0.2, 0) is 23.9 Å². The van der Waals surface area contributed by atoms with Crippen LogP contribution < -0.4 is 31.9 Å². The molecule has 2 aromatic rings. The van der Waals surface area contributed by atoms with E-state index in [1.165, 1.54) is 7.05 Å². The van der Waals surface area contributed by atoms with Crippen molar-refractivity contribution < 1.29 is 53.2 Å². The zero-order valence-corrected chi connectivity index (χ0v) is 31.1. The van der Waals surface area contributed by atoms with Crippen molar-refractivity contribution in [3.8, 4) is 0 Å². The first-order valence-electron chi connectivity index (χ1n) is 16.5. The van der Waals surface area contributed by atoms with Gasteiger partial charge in [0.25, 0.3) is 11.8 Å². The third-order valence-corrected chi connectivity index (χ3v) is 6.09. The van der Waals surface area contributed by atoms with Crippen LogP contribution >= 0.6 is 0 Å². The first-order valence-corrected chi connectivity index (χ1v) is 16.5. The van der Waals surface area contributed by atoms with E-state index in [9.17, 15) is 33.6 Å². The number of nitrogens with zero attached hydrogens (tertiary/aromatic N) is 1. The van der Waals surface area contributed by atoms with E-state index < -0.39 is 54.3 Å². The van der Waals surface area contributed by atoms with Crippen molar-refractivity contribution in [2.45, 2.75) is 52.7 Å². The molecule has 0 spiro atoms. The molecular weight excluding hydrogens is 694 g/mol. The molecule has 8 N–H and O–H groups in total. The average molecular weight is 746 g/mol. The maximum Gasteiger partial charge on any atom is 0.412 e.